The van der Waals surface area contributed by atoms with Crippen molar-refractivity contribution in [1.82, 2.24) is 10.3 Å². The van der Waals surface area contributed by atoms with E-state index in [9.17, 15) is 4.79 Å². The number of oxazole rings is 1. The van der Waals surface area contributed by atoms with Gasteiger partial charge in [0.25, 0.3) is 5.91 Å². The van der Waals surface area contributed by atoms with Crippen molar-refractivity contribution in [2.24, 2.45) is 0 Å². The first-order chi connectivity index (χ1) is 14.9. The molecule has 3 aromatic carbocycles. The first kappa shape index (κ1) is 20.8. The Morgan fingerprint density at radius 2 is 1.81 bits per heavy atom. The van der Waals surface area contributed by atoms with E-state index in [0.717, 1.165) is 39.9 Å². The average Bonchev–Trinajstić information content (AvgIpc) is 3.18. The first-order valence-electron chi connectivity index (χ1n) is 10.1. The van der Waals surface area contributed by atoms with E-state index in [1.807, 2.05) is 62.4 Å². The van der Waals surface area contributed by atoms with Crippen LogP contribution in [0.3, 0.4) is 0 Å². The van der Waals surface area contributed by atoms with Gasteiger partial charge in [-0.2, -0.15) is 0 Å². The van der Waals surface area contributed by atoms with Crippen molar-refractivity contribution in [3.8, 4) is 11.5 Å². The number of nitrogens with one attached hydrogen (secondary N) is 2. The highest BCUT2D eigenvalue weighted by molar-refractivity contribution is 7.80. The molecule has 0 saturated heterocycles. The Bertz CT molecular complexity index is 1280. The lowest BCUT2D eigenvalue weighted by atomic mass is 10.1. The van der Waals surface area contributed by atoms with Crippen LogP contribution < -0.4 is 10.6 Å². The summed E-state index contributed by atoms with van der Waals surface area (Å²) in [5.74, 6) is 0.290. The number of fused-ring (bicyclic) bond motifs is 1. The molecule has 0 aliphatic heterocycles. The molecule has 5 nitrogen and oxygen atoms in total. The van der Waals surface area contributed by atoms with E-state index < -0.39 is 0 Å². The molecular weight excluding hydrogens is 406 g/mol. The number of aromatic nitrogens is 1. The van der Waals surface area contributed by atoms with Gasteiger partial charge >= 0.3 is 0 Å². The number of rotatable bonds is 4. The van der Waals surface area contributed by atoms with E-state index in [2.05, 4.69) is 22.5 Å². The first-order valence-corrected chi connectivity index (χ1v) is 10.5. The SMILES string of the molecule is CCc1ccc(C(=O)NC(=S)Nc2cc(-c3nc4ccc(C)cc4o3)ccc2C)cc1. The number of amides is 1. The molecule has 31 heavy (non-hydrogen) atoms. The Kier molecular flexibility index (Phi) is 5.82. The predicted molar refractivity (Wildman–Crippen MR) is 128 cm³/mol. The van der Waals surface area contributed by atoms with Gasteiger partial charge in [0, 0.05) is 16.8 Å². The Labute approximate surface area is 186 Å². The van der Waals surface area contributed by atoms with Gasteiger partial charge in [0.1, 0.15) is 5.52 Å². The van der Waals surface area contributed by atoms with Crippen molar-refractivity contribution in [2.45, 2.75) is 27.2 Å². The summed E-state index contributed by atoms with van der Waals surface area (Å²) < 4.78 is 5.93. The molecule has 0 aliphatic carbocycles. The third kappa shape index (κ3) is 4.64. The maximum absolute atomic E-state index is 12.5. The lowest BCUT2D eigenvalue weighted by molar-refractivity contribution is 0.0977. The highest BCUT2D eigenvalue weighted by Crippen LogP contribution is 2.28. The second-order valence-electron chi connectivity index (χ2n) is 7.48. The fourth-order valence-electron chi connectivity index (χ4n) is 3.27. The quantitative estimate of drug-likeness (QED) is 0.401. The standard InChI is InChI=1S/C25H23N3O2S/c1-4-17-7-10-18(11-8-17)23(29)28-25(31)27-21-14-19(9-6-16(21)3)24-26-20-12-5-15(2)13-22(20)30-24/h5-14H,4H2,1-3H3,(H2,27,28,29,31). The molecule has 0 aliphatic rings. The molecule has 4 rings (SSSR count). The van der Waals surface area contributed by atoms with Crippen LogP contribution >= 0.6 is 12.2 Å². The summed E-state index contributed by atoms with van der Waals surface area (Å²) in [6, 6.07) is 19.3. The van der Waals surface area contributed by atoms with Crippen molar-refractivity contribution in [2.75, 3.05) is 5.32 Å². The Balaban J connectivity index is 1.51. The van der Waals surface area contributed by atoms with Crippen molar-refractivity contribution in [3.63, 3.8) is 0 Å². The van der Waals surface area contributed by atoms with Crippen LogP contribution in [0.25, 0.3) is 22.6 Å². The summed E-state index contributed by atoms with van der Waals surface area (Å²) in [6.45, 7) is 6.06. The zero-order valence-corrected chi connectivity index (χ0v) is 18.5. The summed E-state index contributed by atoms with van der Waals surface area (Å²) >= 11 is 5.37. The largest absolute Gasteiger partial charge is 0.436 e. The fraction of sp³-hybridized carbons (Fsp3) is 0.160. The number of carbonyl (C=O) groups excluding carboxylic acids is 1. The normalized spacial score (nSPS) is 10.8. The number of hydrogen-bond donors (Lipinski definition) is 2. The molecule has 4 aromatic rings. The fourth-order valence-corrected chi connectivity index (χ4v) is 3.47. The van der Waals surface area contributed by atoms with E-state index in [1.165, 1.54) is 5.56 Å². The van der Waals surface area contributed by atoms with Crippen LogP contribution in [0, 0.1) is 13.8 Å². The van der Waals surface area contributed by atoms with Crippen molar-refractivity contribution in [1.29, 1.82) is 0 Å². The number of aryl methyl sites for hydroxylation is 3. The Morgan fingerprint density at radius 3 is 2.55 bits per heavy atom. The summed E-state index contributed by atoms with van der Waals surface area (Å²) in [5.41, 5.74) is 7.02. The van der Waals surface area contributed by atoms with Crippen LogP contribution in [0.1, 0.15) is 34.0 Å². The van der Waals surface area contributed by atoms with Gasteiger partial charge in [-0.1, -0.05) is 31.2 Å². The molecule has 0 radical (unpaired) electrons. The van der Waals surface area contributed by atoms with E-state index >= 15 is 0 Å². The number of thiocarbonyl (C=S) groups is 1. The van der Waals surface area contributed by atoms with E-state index in [-0.39, 0.29) is 11.0 Å². The molecule has 0 spiro atoms. The van der Waals surface area contributed by atoms with Crippen molar-refractivity contribution >= 4 is 40.0 Å². The van der Waals surface area contributed by atoms with Gasteiger partial charge in [0.15, 0.2) is 10.7 Å². The number of hydrogen-bond acceptors (Lipinski definition) is 4. The van der Waals surface area contributed by atoms with E-state index in [1.54, 1.807) is 12.1 Å². The van der Waals surface area contributed by atoms with Crippen LogP contribution in [0.15, 0.2) is 65.1 Å². The maximum Gasteiger partial charge on any atom is 0.257 e. The van der Waals surface area contributed by atoms with E-state index in [4.69, 9.17) is 16.6 Å². The maximum atomic E-state index is 12.5. The second kappa shape index (κ2) is 8.70. The number of benzene rings is 3. The minimum Gasteiger partial charge on any atom is -0.436 e. The summed E-state index contributed by atoms with van der Waals surface area (Å²) in [5, 5.41) is 6.09. The number of nitrogens with zero attached hydrogens (tertiary/aromatic N) is 1. The Morgan fingerprint density at radius 1 is 1.03 bits per heavy atom. The van der Waals surface area contributed by atoms with Crippen molar-refractivity contribution in [3.05, 3.63) is 82.9 Å². The zero-order valence-electron chi connectivity index (χ0n) is 17.7. The zero-order chi connectivity index (χ0) is 22.0. The second-order valence-corrected chi connectivity index (χ2v) is 7.89. The Hall–Kier alpha value is -3.51. The molecule has 156 valence electrons. The van der Waals surface area contributed by atoms with E-state index in [0.29, 0.717) is 11.5 Å². The third-order valence-corrected chi connectivity index (χ3v) is 5.33. The smallest absolute Gasteiger partial charge is 0.257 e. The predicted octanol–water partition coefficient (Wildman–Crippen LogP) is 5.80. The van der Waals surface area contributed by atoms with Crippen molar-refractivity contribution < 1.29 is 9.21 Å². The molecule has 0 unspecified atom stereocenters. The van der Waals surface area contributed by atoms with Gasteiger partial charge < -0.3 is 9.73 Å². The molecule has 0 saturated carbocycles. The molecule has 0 atom stereocenters. The van der Waals surface area contributed by atoms with Gasteiger partial charge in [0.2, 0.25) is 5.89 Å². The van der Waals surface area contributed by atoms with Gasteiger partial charge in [-0.3, -0.25) is 10.1 Å². The van der Waals surface area contributed by atoms with Crippen LogP contribution in [0.2, 0.25) is 0 Å². The molecule has 0 bridgehead atoms. The lowest BCUT2D eigenvalue weighted by Crippen LogP contribution is -2.34. The van der Waals surface area contributed by atoms with Crippen LogP contribution in [0.4, 0.5) is 5.69 Å². The molecular formula is C25H23N3O2S. The summed E-state index contributed by atoms with van der Waals surface area (Å²) in [4.78, 5) is 17.1. The van der Waals surface area contributed by atoms with Crippen LogP contribution in [-0.2, 0) is 6.42 Å². The molecule has 1 heterocycles. The molecule has 2 N–H and O–H groups in total. The third-order valence-electron chi connectivity index (χ3n) is 5.13. The average molecular weight is 430 g/mol. The molecule has 1 amide bonds. The minimum absolute atomic E-state index is 0.234. The van der Waals surface area contributed by atoms with Gasteiger partial charge in [-0.15, -0.1) is 0 Å². The number of anilines is 1. The monoisotopic (exact) mass is 429 g/mol. The van der Waals surface area contributed by atoms with Gasteiger partial charge in [-0.05, 0) is 85.6 Å². The summed E-state index contributed by atoms with van der Waals surface area (Å²) in [7, 11) is 0. The molecule has 6 heteroatoms. The van der Waals surface area contributed by atoms with Gasteiger partial charge in [-0.25, -0.2) is 4.98 Å². The highest BCUT2D eigenvalue weighted by Gasteiger charge is 2.12. The summed E-state index contributed by atoms with van der Waals surface area (Å²) in [6.07, 6.45) is 0.928. The van der Waals surface area contributed by atoms with Gasteiger partial charge in [0.05, 0.1) is 0 Å². The molecule has 0 fully saturated rings. The highest BCUT2D eigenvalue weighted by atomic mass is 32.1. The van der Waals surface area contributed by atoms with Crippen LogP contribution in [-0.4, -0.2) is 16.0 Å². The minimum atomic E-state index is -0.247. The van der Waals surface area contributed by atoms with Crippen LogP contribution in [0.5, 0.6) is 0 Å². The lowest BCUT2D eigenvalue weighted by Gasteiger charge is -2.13. The topological polar surface area (TPSA) is 67.2 Å². The molecule has 1 aromatic heterocycles. The number of carbonyl (C=O) groups is 1.